The van der Waals surface area contributed by atoms with Crippen molar-refractivity contribution in [2.75, 3.05) is 23.3 Å². The molecule has 1 aliphatic rings. The molecule has 178 valence electrons. The van der Waals surface area contributed by atoms with E-state index in [1.807, 2.05) is 6.92 Å². The summed E-state index contributed by atoms with van der Waals surface area (Å²) in [6.45, 7) is 2.68. The van der Waals surface area contributed by atoms with Crippen LogP contribution in [0, 0.1) is 0 Å². The highest BCUT2D eigenvalue weighted by molar-refractivity contribution is 6.07. The van der Waals surface area contributed by atoms with Crippen molar-refractivity contribution in [2.24, 2.45) is 0 Å². The second kappa shape index (κ2) is 10.6. The third kappa shape index (κ3) is 5.77. The summed E-state index contributed by atoms with van der Waals surface area (Å²) >= 11 is 0. The molecule has 34 heavy (non-hydrogen) atoms. The SMILES string of the molecule is CCCC(=O)c1ccc2c(c1)N(CC(=O)Nc1ccc(C(=O)NCC(=O)O)cc1)C(=O)C(C)O2. The van der Waals surface area contributed by atoms with Gasteiger partial charge in [-0.2, -0.15) is 0 Å². The van der Waals surface area contributed by atoms with Crippen LogP contribution >= 0.6 is 0 Å². The van der Waals surface area contributed by atoms with Gasteiger partial charge in [-0.1, -0.05) is 6.92 Å². The number of carboxylic acid groups (broad SMARTS) is 1. The van der Waals surface area contributed by atoms with Gasteiger partial charge in [0.15, 0.2) is 11.9 Å². The summed E-state index contributed by atoms with van der Waals surface area (Å²) in [5.41, 5.74) is 1.41. The van der Waals surface area contributed by atoms with Gasteiger partial charge in [-0.25, -0.2) is 0 Å². The van der Waals surface area contributed by atoms with Crippen molar-refractivity contribution in [1.29, 1.82) is 0 Å². The molecule has 2 aromatic rings. The van der Waals surface area contributed by atoms with E-state index >= 15 is 0 Å². The minimum Gasteiger partial charge on any atom is -0.480 e. The third-order valence-corrected chi connectivity index (χ3v) is 5.10. The number of amides is 3. The van der Waals surface area contributed by atoms with Crippen LogP contribution in [-0.4, -0.2) is 53.8 Å². The van der Waals surface area contributed by atoms with Gasteiger partial charge in [0.05, 0.1) is 5.69 Å². The maximum atomic E-state index is 12.8. The standard InChI is InChI=1S/C24H25N3O7/c1-3-4-19(28)16-7-10-20-18(11-16)27(24(33)14(2)34-20)13-21(29)26-17-8-5-15(6-9-17)23(32)25-12-22(30)31/h5-11,14H,3-4,12-13H2,1-2H3,(H,25,32)(H,26,29)(H,30,31). The number of nitrogens with zero attached hydrogens (tertiary/aromatic N) is 1. The predicted octanol–water partition coefficient (Wildman–Crippen LogP) is 2.24. The summed E-state index contributed by atoms with van der Waals surface area (Å²) in [5.74, 6) is -2.27. The van der Waals surface area contributed by atoms with E-state index in [0.717, 1.165) is 0 Å². The van der Waals surface area contributed by atoms with Crippen molar-refractivity contribution >= 4 is 40.8 Å². The Labute approximate surface area is 195 Å². The molecule has 0 saturated carbocycles. The van der Waals surface area contributed by atoms with Gasteiger partial charge in [0.1, 0.15) is 18.8 Å². The monoisotopic (exact) mass is 467 g/mol. The van der Waals surface area contributed by atoms with Crippen LogP contribution in [0.15, 0.2) is 42.5 Å². The summed E-state index contributed by atoms with van der Waals surface area (Å²) in [6, 6.07) is 10.7. The Morgan fingerprint density at radius 1 is 1.06 bits per heavy atom. The van der Waals surface area contributed by atoms with Crippen LogP contribution in [0.4, 0.5) is 11.4 Å². The fraction of sp³-hybridized carbons (Fsp3) is 0.292. The maximum Gasteiger partial charge on any atom is 0.322 e. The highest BCUT2D eigenvalue weighted by Gasteiger charge is 2.33. The molecule has 0 radical (unpaired) electrons. The van der Waals surface area contributed by atoms with Crippen molar-refractivity contribution in [1.82, 2.24) is 5.32 Å². The molecule has 0 saturated heterocycles. The highest BCUT2D eigenvalue weighted by Crippen LogP contribution is 2.35. The first-order chi connectivity index (χ1) is 16.2. The van der Waals surface area contributed by atoms with Crippen LogP contribution in [0.1, 0.15) is 47.4 Å². The molecule has 3 N–H and O–H groups in total. The van der Waals surface area contributed by atoms with Crippen molar-refractivity contribution in [3.63, 3.8) is 0 Å². The molecule has 0 spiro atoms. The first kappa shape index (κ1) is 24.4. The average molecular weight is 467 g/mol. The number of anilines is 2. The Morgan fingerprint density at radius 3 is 2.38 bits per heavy atom. The molecular formula is C24H25N3O7. The van der Waals surface area contributed by atoms with Gasteiger partial charge in [-0.3, -0.25) is 28.9 Å². The second-order valence-corrected chi connectivity index (χ2v) is 7.74. The zero-order valence-electron chi connectivity index (χ0n) is 18.8. The van der Waals surface area contributed by atoms with Crippen LogP contribution in [0.3, 0.4) is 0 Å². The van der Waals surface area contributed by atoms with E-state index in [1.165, 1.54) is 29.2 Å². The summed E-state index contributed by atoms with van der Waals surface area (Å²) in [5, 5.41) is 13.5. The number of ketones is 1. The number of hydrogen-bond acceptors (Lipinski definition) is 6. The number of ether oxygens (including phenoxy) is 1. The molecule has 1 aliphatic heterocycles. The molecule has 10 heteroatoms. The fourth-order valence-corrected chi connectivity index (χ4v) is 3.42. The van der Waals surface area contributed by atoms with E-state index in [4.69, 9.17) is 9.84 Å². The molecule has 2 aromatic carbocycles. The lowest BCUT2D eigenvalue weighted by Gasteiger charge is -2.32. The van der Waals surface area contributed by atoms with E-state index in [0.29, 0.717) is 35.5 Å². The van der Waals surface area contributed by atoms with Gasteiger partial charge in [0, 0.05) is 23.2 Å². The molecule has 1 unspecified atom stereocenters. The van der Waals surface area contributed by atoms with Crippen LogP contribution < -0.4 is 20.3 Å². The number of rotatable bonds is 9. The first-order valence-corrected chi connectivity index (χ1v) is 10.7. The summed E-state index contributed by atoms with van der Waals surface area (Å²) in [7, 11) is 0. The predicted molar refractivity (Wildman–Crippen MR) is 123 cm³/mol. The van der Waals surface area contributed by atoms with Gasteiger partial charge in [0.2, 0.25) is 5.91 Å². The molecule has 1 atom stereocenters. The average Bonchev–Trinajstić information content (AvgIpc) is 2.80. The molecule has 3 rings (SSSR count). The van der Waals surface area contributed by atoms with E-state index < -0.39 is 36.3 Å². The van der Waals surface area contributed by atoms with Gasteiger partial charge < -0.3 is 20.5 Å². The number of carbonyl (C=O) groups is 5. The number of Topliss-reactive ketones (excluding diaryl/α,β-unsaturated/α-hetero) is 1. The minimum atomic E-state index is -1.16. The maximum absolute atomic E-state index is 12.8. The van der Waals surface area contributed by atoms with Crippen LogP contribution in [0.5, 0.6) is 5.75 Å². The van der Waals surface area contributed by atoms with E-state index in [1.54, 1.807) is 25.1 Å². The zero-order chi connectivity index (χ0) is 24.8. The third-order valence-electron chi connectivity index (χ3n) is 5.10. The summed E-state index contributed by atoms with van der Waals surface area (Å²) < 4.78 is 5.63. The lowest BCUT2D eigenvalue weighted by molar-refractivity contribution is -0.135. The number of hydrogen-bond donors (Lipinski definition) is 3. The normalized spacial score (nSPS) is 14.6. The molecule has 0 bridgehead atoms. The van der Waals surface area contributed by atoms with Gasteiger partial charge >= 0.3 is 5.97 Å². The van der Waals surface area contributed by atoms with E-state index in [-0.39, 0.29) is 17.9 Å². The summed E-state index contributed by atoms with van der Waals surface area (Å²) in [6.07, 6.45) is 0.268. The molecule has 0 aromatic heterocycles. The Morgan fingerprint density at radius 2 is 1.74 bits per heavy atom. The van der Waals surface area contributed by atoms with Crippen molar-refractivity contribution < 1.29 is 33.8 Å². The lowest BCUT2D eigenvalue weighted by Crippen LogP contribution is -2.47. The van der Waals surface area contributed by atoms with Gasteiger partial charge in [-0.05, 0) is 55.8 Å². The number of carboxylic acids is 1. The molecule has 1 heterocycles. The molecule has 10 nitrogen and oxygen atoms in total. The topological polar surface area (TPSA) is 142 Å². The van der Waals surface area contributed by atoms with Gasteiger partial charge in [-0.15, -0.1) is 0 Å². The second-order valence-electron chi connectivity index (χ2n) is 7.74. The van der Waals surface area contributed by atoms with Crippen LogP contribution in [0.2, 0.25) is 0 Å². The Bertz CT molecular complexity index is 1130. The number of nitrogens with one attached hydrogen (secondary N) is 2. The van der Waals surface area contributed by atoms with E-state index in [9.17, 15) is 24.0 Å². The molecular weight excluding hydrogens is 442 g/mol. The van der Waals surface area contributed by atoms with Crippen molar-refractivity contribution in [3.8, 4) is 5.75 Å². The van der Waals surface area contributed by atoms with Crippen LogP contribution in [0.25, 0.3) is 0 Å². The number of benzene rings is 2. The van der Waals surface area contributed by atoms with E-state index in [2.05, 4.69) is 10.6 Å². The number of fused-ring (bicyclic) bond motifs is 1. The largest absolute Gasteiger partial charge is 0.480 e. The first-order valence-electron chi connectivity index (χ1n) is 10.7. The van der Waals surface area contributed by atoms with Crippen molar-refractivity contribution in [3.05, 3.63) is 53.6 Å². The molecule has 0 aliphatic carbocycles. The highest BCUT2D eigenvalue weighted by atomic mass is 16.5. The van der Waals surface area contributed by atoms with Gasteiger partial charge in [0.25, 0.3) is 11.8 Å². The molecule has 3 amide bonds. The Balaban J connectivity index is 1.72. The summed E-state index contributed by atoms with van der Waals surface area (Å²) in [4.78, 5) is 61.5. The Hall–Kier alpha value is -4.21. The lowest BCUT2D eigenvalue weighted by atomic mass is 10.0. The smallest absolute Gasteiger partial charge is 0.322 e. The number of carbonyl (C=O) groups excluding carboxylic acids is 4. The fourth-order valence-electron chi connectivity index (χ4n) is 3.42. The molecule has 0 fully saturated rings. The minimum absolute atomic E-state index is 0.0618. The van der Waals surface area contributed by atoms with Crippen LogP contribution in [-0.2, 0) is 14.4 Å². The quantitative estimate of drug-likeness (QED) is 0.480. The van der Waals surface area contributed by atoms with Crippen molar-refractivity contribution in [2.45, 2.75) is 32.8 Å². The number of aliphatic carboxylic acids is 1. The Kier molecular flexibility index (Phi) is 7.62. The zero-order valence-corrected chi connectivity index (χ0v) is 18.8.